The number of hydrogen-bond donors (Lipinski definition) is 3. The molecule has 1 fully saturated rings. The van der Waals surface area contributed by atoms with Crippen molar-refractivity contribution in [1.29, 1.82) is 0 Å². The molecule has 1 saturated heterocycles. The smallest absolute Gasteiger partial charge is 0.410 e. The van der Waals surface area contributed by atoms with Gasteiger partial charge in [0.15, 0.2) is 5.13 Å². The Balaban J connectivity index is 1.55. The number of carbonyl (C=O) groups is 2. The number of amides is 3. The van der Waals surface area contributed by atoms with E-state index in [2.05, 4.69) is 10.3 Å². The summed E-state index contributed by atoms with van der Waals surface area (Å²) in [6.45, 7) is 7.02. The predicted octanol–water partition coefficient (Wildman–Crippen LogP) is 3.31. The van der Waals surface area contributed by atoms with E-state index in [9.17, 15) is 19.8 Å². The van der Waals surface area contributed by atoms with Crippen LogP contribution < -0.4 is 5.32 Å². The van der Waals surface area contributed by atoms with Gasteiger partial charge in [-0.05, 0) is 32.9 Å². The third kappa shape index (κ3) is 5.29. The molecule has 0 saturated carbocycles. The zero-order valence-electron chi connectivity index (χ0n) is 16.5. The zero-order chi connectivity index (χ0) is 21.2. The summed E-state index contributed by atoms with van der Waals surface area (Å²) in [7, 11) is 0. The van der Waals surface area contributed by atoms with Gasteiger partial charge in [0.05, 0.1) is 5.69 Å². The van der Waals surface area contributed by atoms with Crippen LogP contribution >= 0.6 is 11.3 Å². The summed E-state index contributed by atoms with van der Waals surface area (Å²) in [5.41, 5.74) is 0.406. The van der Waals surface area contributed by atoms with Crippen LogP contribution in [0.2, 0.25) is 0 Å². The zero-order valence-corrected chi connectivity index (χ0v) is 17.3. The van der Waals surface area contributed by atoms with E-state index < -0.39 is 5.60 Å². The summed E-state index contributed by atoms with van der Waals surface area (Å²) in [5, 5.41) is 24.2. The summed E-state index contributed by atoms with van der Waals surface area (Å²) in [6, 6.07) is 3.94. The minimum Gasteiger partial charge on any atom is -0.508 e. The minimum absolute atomic E-state index is 0.0412. The maximum absolute atomic E-state index is 12.5. The molecule has 0 aliphatic carbocycles. The Kier molecular flexibility index (Phi) is 5.83. The number of aromatic nitrogens is 1. The molecule has 3 rings (SSSR count). The lowest BCUT2D eigenvalue weighted by atomic mass is 10.1. The number of ether oxygens (including phenoxy) is 1. The lowest BCUT2D eigenvalue weighted by molar-refractivity contribution is 0.0174. The number of hydrogen-bond acceptors (Lipinski definition) is 7. The summed E-state index contributed by atoms with van der Waals surface area (Å²) >= 11 is 1.23. The van der Waals surface area contributed by atoms with Crippen molar-refractivity contribution in [1.82, 2.24) is 14.8 Å². The third-order valence-electron chi connectivity index (χ3n) is 4.19. The second-order valence-electron chi connectivity index (χ2n) is 7.62. The summed E-state index contributed by atoms with van der Waals surface area (Å²) in [4.78, 5) is 32.1. The van der Waals surface area contributed by atoms with Crippen molar-refractivity contribution in [2.75, 3.05) is 31.5 Å². The number of thiazole rings is 1. The van der Waals surface area contributed by atoms with Crippen molar-refractivity contribution in [3.05, 3.63) is 23.6 Å². The fraction of sp³-hybridized carbons (Fsp3) is 0.421. The number of benzene rings is 1. The fourth-order valence-electron chi connectivity index (χ4n) is 2.78. The second-order valence-corrected chi connectivity index (χ2v) is 8.48. The molecular weight excluding hydrogens is 396 g/mol. The largest absolute Gasteiger partial charge is 0.508 e. The van der Waals surface area contributed by atoms with Crippen molar-refractivity contribution < 1.29 is 24.5 Å². The molecule has 0 atom stereocenters. The Bertz CT molecular complexity index is 900. The number of phenols is 2. The molecule has 1 aliphatic heterocycles. The van der Waals surface area contributed by atoms with E-state index in [1.807, 2.05) is 20.8 Å². The molecule has 0 spiro atoms. The van der Waals surface area contributed by atoms with Gasteiger partial charge in [0, 0.05) is 43.2 Å². The Morgan fingerprint density at radius 3 is 2.41 bits per heavy atom. The van der Waals surface area contributed by atoms with E-state index in [1.54, 1.807) is 21.2 Å². The molecule has 2 aromatic rings. The molecule has 0 radical (unpaired) electrons. The number of rotatable bonds is 2. The predicted molar refractivity (Wildman–Crippen MR) is 109 cm³/mol. The van der Waals surface area contributed by atoms with Gasteiger partial charge >= 0.3 is 12.1 Å². The van der Waals surface area contributed by atoms with Gasteiger partial charge in [-0.25, -0.2) is 14.6 Å². The van der Waals surface area contributed by atoms with E-state index in [1.165, 1.54) is 23.5 Å². The summed E-state index contributed by atoms with van der Waals surface area (Å²) in [6.07, 6.45) is -0.379. The number of nitrogens with one attached hydrogen (secondary N) is 1. The van der Waals surface area contributed by atoms with E-state index >= 15 is 0 Å². The standard InChI is InChI=1S/C19H24N4O5S/c1-19(2,3)28-18(27)23-8-6-22(7-9-23)17(26)21-16-20-14(11-29-16)13-5-4-12(24)10-15(13)25/h4-5,10-11,24-25H,6-9H2,1-3H3,(H,20,21,26). The number of urea groups is 1. The van der Waals surface area contributed by atoms with Crippen LogP contribution in [0.4, 0.5) is 14.7 Å². The molecule has 1 aliphatic rings. The molecule has 0 unspecified atom stereocenters. The highest BCUT2D eigenvalue weighted by Gasteiger charge is 2.28. The quantitative estimate of drug-likeness (QED) is 0.687. The van der Waals surface area contributed by atoms with Crippen molar-refractivity contribution in [2.24, 2.45) is 0 Å². The average Bonchev–Trinajstić information content (AvgIpc) is 3.08. The first-order chi connectivity index (χ1) is 13.6. The highest BCUT2D eigenvalue weighted by atomic mass is 32.1. The Morgan fingerprint density at radius 1 is 1.14 bits per heavy atom. The van der Waals surface area contributed by atoms with Gasteiger partial charge in [-0.15, -0.1) is 11.3 Å². The highest BCUT2D eigenvalue weighted by Crippen LogP contribution is 2.33. The molecule has 2 heterocycles. The number of phenolic OH excluding ortho intramolecular Hbond substituents is 2. The number of piperazine rings is 1. The Labute approximate surface area is 172 Å². The lowest BCUT2D eigenvalue weighted by Gasteiger charge is -2.35. The van der Waals surface area contributed by atoms with Crippen LogP contribution in [0.3, 0.4) is 0 Å². The van der Waals surface area contributed by atoms with E-state index in [0.29, 0.717) is 42.6 Å². The molecule has 156 valence electrons. The first-order valence-corrected chi connectivity index (χ1v) is 10.0. The topological polar surface area (TPSA) is 115 Å². The molecule has 10 heteroatoms. The van der Waals surface area contributed by atoms with E-state index in [-0.39, 0.29) is 23.6 Å². The van der Waals surface area contributed by atoms with Crippen LogP contribution in [0.15, 0.2) is 23.6 Å². The first-order valence-electron chi connectivity index (χ1n) is 9.14. The molecule has 3 amide bonds. The third-order valence-corrected chi connectivity index (χ3v) is 4.95. The number of nitrogens with zero attached hydrogens (tertiary/aromatic N) is 3. The molecular formula is C19H24N4O5S. The van der Waals surface area contributed by atoms with Crippen LogP contribution in [0.25, 0.3) is 11.3 Å². The maximum Gasteiger partial charge on any atom is 0.410 e. The van der Waals surface area contributed by atoms with Crippen molar-refractivity contribution in [2.45, 2.75) is 26.4 Å². The van der Waals surface area contributed by atoms with Crippen LogP contribution in [-0.4, -0.2) is 68.9 Å². The van der Waals surface area contributed by atoms with Crippen LogP contribution in [0.1, 0.15) is 20.8 Å². The molecule has 3 N–H and O–H groups in total. The minimum atomic E-state index is -0.555. The SMILES string of the molecule is CC(C)(C)OC(=O)N1CCN(C(=O)Nc2nc(-c3ccc(O)cc3O)cs2)CC1. The number of aromatic hydroxyl groups is 2. The van der Waals surface area contributed by atoms with Crippen molar-refractivity contribution in [3.63, 3.8) is 0 Å². The second kappa shape index (κ2) is 8.16. The molecule has 1 aromatic heterocycles. The van der Waals surface area contributed by atoms with E-state index in [4.69, 9.17) is 4.74 Å². The Morgan fingerprint density at radius 2 is 1.79 bits per heavy atom. The summed E-state index contributed by atoms with van der Waals surface area (Å²) < 4.78 is 5.35. The van der Waals surface area contributed by atoms with Gasteiger partial charge in [0.1, 0.15) is 17.1 Å². The molecule has 0 bridgehead atoms. The van der Waals surface area contributed by atoms with Crippen LogP contribution in [0, 0.1) is 0 Å². The molecule has 9 nitrogen and oxygen atoms in total. The van der Waals surface area contributed by atoms with Gasteiger partial charge in [0.25, 0.3) is 0 Å². The normalized spacial score (nSPS) is 14.6. The van der Waals surface area contributed by atoms with Crippen LogP contribution in [-0.2, 0) is 4.74 Å². The van der Waals surface area contributed by atoms with Gasteiger partial charge in [0.2, 0.25) is 0 Å². The molecule has 29 heavy (non-hydrogen) atoms. The number of carbonyl (C=O) groups excluding carboxylic acids is 2. The van der Waals surface area contributed by atoms with Crippen molar-refractivity contribution >= 4 is 28.6 Å². The monoisotopic (exact) mass is 420 g/mol. The van der Waals surface area contributed by atoms with Crippen LogP contribution in [0.5, 0.6) is 11.5 Å². The van der Waals surface area contributed by atoms with Crippen molar-refractivity contribution in [3.8, 4) is 22.8 Å². The lowest BCUT2D eigenvalue weighted by Crippen LogP contribution is -2.52. The summed E-state index contributed by atoms with van der Waals surface area (Å²) in [5.74, 6) is -0.132. The average molecular weight is 420 g/mol. The van der Waals surface area contributed by atoms with E-state index in [0.717, 1.165) is 0 Å². The van der Waals surface area contributed by atoms with Gasteiger partial charge in [-0.3, -0.25) is 5.32 Å². The van der Waals surface area contributed by atoms with Gasteiger partial charge in [-0.1, -0.05) is 0 Å². The number of anilines is 1. The van der Waals surface area contributed by atoms with Gasteiger partial charge in [-0.2, -0.15) is 0 Å². The molecule has 1 aromatic carbocycles. The fourth-order valence-corrected chi connectivity index (χ4v) is 3.48. The maximum atomic E-state index is 12.5. The Hall–Kier alpha value is -3.01. The van der Waals surface area contributed by atoms with Gasteiger partial charge < -0.3 is 24.7 Å². The first kappa shape index (κ1) is 20.7. The highest BCUT2D eigenvalue weighted by molar-refractivity contribution is 7.14.